The smallest absolute Gasteiger partial charge is 0.303 e. The van der Waals surface area contributed by atoms with Gasteiger partial charge >= 0.3 is 5.97 Å². The molecule has 1 N–H and O–H groups in total. The van der Waals surface area contributed by atoms with Crippen LogP contribution in [0.15, 0.2) is 36.6 Å². The van der Waals surface area contributed by atoms with Crippen molar-refractivity contribution in [3.63, 3.8) is 0 Å². The monoisotopic (exact) mass is 416 g/mol. The van der Waals surface area contributed by atoms with E-state index in [0.717, 1.165) is 25.0 Å². The van der Waals surface area contributed by atoms with Crippen molar-refractivity contribution in [1.82, 2.24) is 0 Å². The summed E-state index contributed by atoms with van der Waals surface area (Å²) < 4.78 is 5.24. The topological polar surface area (TPSA) is 46.5 Å². The molecular formula is C27H44O3. The molecule has 0 fully saturated rings. The number of benzene rings is 1. The van der Waals surface area contributed by atoms with Crippen LogP contribution in [-0.2, 0) is 11.2 Å². The molecule has 0 amide bonds. The highest BCUT2D eigenvalue weighted by Crippen LogP contribution is 2.21. The summed E-state index contributed by atoms with van der Waals surface area (Å²) in [6, 6.07) is 8.08. The average Bonchev–Trinajstić information content (AvgIpc) is 2.77. The van der Waals surface area contributed by atoms with E-state index in [4.69, 9.17) is 9.84 Å². The standard InChI is InChI=1S/C18H36O2.C9H8O/c1-2-3-4-5-6-7-8-9-10-11-12-13-14-15-16-17-18(19)20;1-2-6-9-8(4-1)5-3-7-10-9/h2-17H2,1H3,(H,19,20);1-4,6-7H,5H2. The van der Waals surface area contributed by atoms with Gasteiger partial charge in [0.25, 0.3) is 0 Å². The van der Waals surface area contributed by atoms with Crippen LogP contribution in [0.25, 0.3) is 0 Å². The summed E-state index contributed by atoms with van der Waals surface area (Å²) in [6.45, 7) is 2.27. The maximum Gasteiger partial charge on any atom is 0.303 e. The first kappa shape index (κ1) is 26.3. The van der Waals surface area contributed by atoms with Crippen LogP contribution in [0.4, 0.5) is 0 Å². The van der Waals surface area contributed by atoms with Crippen LogP contribution < -0.4 is 4.74 Å². The first-order chi connectivity index (χ1) is 14.7. The lowest BCUT2D eigenvalue weighted by atomic mass is 10.0. The fourth-order valence-electron chi connectivity index (χ4n) is 3.73. The average molecular weight is 417 g/mol. The molecule has 30 heavy (non-hydrogen) atoms. The number of fused-ring (bicyclic) bond motifs is 1. The maximum atomic E-state index is 10.3. The molecule has 2 rings (SSSR count). The van der Waals surface area contributed by atoms with E-state index in [2.05, 4.69) is 13.0 Å². The molecule has 0 atom stereocenters. The molecule has 0 bridgehead atoms. The molecular weight excluding hydrogens is 372 g/mol. The number of allylic oxidation sites excluding steroid dienone is 1. The fourth-order valence-corrected chi connectivity index (χ4v) is 3.73. The molecule has 3 heteroatoms. The van der Waals surface area contributed by atoms with Gasteiger partial charge in [-0.3, -0.25) is 4.79 Å². The van der Waals surface area contributed by atoms with Crippen molar-refractivity contribution in [2.75, 3.05) is 0 Å². The van der Waals surface area contributed by atoms with E-state index in [9.17, 15) is 4.79 Å². The zero-order chi connectivity index (χ0) is 21.7. The Balaban J connectivity index is 0.000000367. The molecule has 0 spiro atoms. The number of ether oxygens (including phenoxy) is 1. The second-order valence-electron chi connectivity index (χ2n) is 8.39. The Kier molecular flexibility index (Phi) is 16.8. The van der Waals surface area contributed by atoms with Gasteiger partial charge in [0.15, 0.2) is 0 Å². The number of unbranched alkanes of at least 4 members (excludes halogenated alkanes) is 14. The van der Waals surface area contributed by atoms with E-state index in [-0.39, 0.29) is 0 Å². The van der Waals surface area contributed by atoms with Crippen LogP contribution in [0.5, 0.6) is 5.75 Å². The predicted octanol–water partition coefficient (Wildman–Crippen LogP) is 8.47. The van der Waals surface area contributed by atoms with E-state index in [1.165, 1.54) is 89.0 Å². The Morgan fingerprint density at radius 1 is 0.800 bits per heavy atom. The first-order valence-corrected chi connectivity index (χ1v) is 12.4. The van der Waals surface area contributed by atoms with Crippen LogP contribution in [0.3, 0.4) is 0 Å². The van der Waals surface area contributed by atoms with Crippen LogP contribution in [0.1, 0.15) is 115 Å². The summed E-state index contributed by atoms with van der Waals surface area (Å²) in [5.41, 5.74) is 1.27. The van der Waals surface area contributed by atoms with E-state index in [1.807, 2.05) is 24.3 Å². The molecule has 0 unspecified atom stereocenters. The molecule has 170 valence electrons. The highest BCUT2D eigenvalue weighted by atomic mass is 16.5. The Labute approximate surface area is 184 Å². The second kappa shape index (κ2) is 19.2. The highest BCUT2D eigenvalue weighted by Gasteiger charge is 2.02. The third-order valence-corrected chi connectivity index (χ3v) is 5.60. The normalized spacial score (nSPS) is 11.9. The number of rotatable bonds is 16. The summed E-state index contributed by atoms with van der Waals surface area (Å²) in [4.78, 5) is 10.3. The Bertz CT molecular complexity index is 538. The number of carbonyl (C=O) groups is 1. The van der Waals surface area contributed by atoms with Crippen molar-refractivity contribution in [2.45, 2.75) is 116 Å². The SMILES string of the molecule is C1=COc2ccccc2C1.CCCCCCCCCCCCCCCCCC(=O)O. The molecule has 0 saturated heterocycles. The number of carboxylic acid groups (broad SMARTS) is 1. The summed E-state index contributed by atoms with van der Waals surface area (Å²) in [6.07, 6.45) is 25.0. The Morgan fingerprint density at radius 2 is 1.30 bits per heavy atom. The lowest BCUT2D eigenvalue weighted by Crippen LogP contribution is -1.94. The van der Waals surface area contributed by atoms with Crippen LogP contribution >= 0.6 is 0 Å². The maximum absolute atomic E-state index is 10.3. The molecule has 0 aliphatic carbocycles. The van der Waals surface area contributed by atoms with Gasteiger partial charge in [-0.25, -0.2) is 0 Å². The van der Waals surface area contributed by atoms with Crippen LogP contribution in [0.2, 0.25) is 0 Å². The molecule has 0 saturated carbocycles. The minimum Gasteiger partial charge on any atom is -0.481 e. The van der Waals surface area contributed by atoms with E-state index < -0.39 is 5.97 Å². The Morgan fingerprint density at radius 3 is 1.80 bits per heavy atom. The van der Waals surface area contributed by atoms with Crippen molar-refractivity contribution >= 4 is 5.97 Å². The predicted molar refractivity (Wildman–Crippen MR) is 127 cm³/mol. The Hall–Kier alpha value is -1.77. The molecule has 0 aromatic heterocycles. The summed E-state index contributed by atoms with van der Waals surface area (Å²) in [7, 11) is 0. The molecule has 3 nitrogen and oxygen atoms in total. The minimum atomic E-state index is -0.653. The zero-order valence-electron chi connectivity index (χ0n) is 19.2. The van der Waals surface area contributed by atoms with E-state index in [1.54, 1.807) is 6.26 Å². The molecule has 1 aromatic carbocycles. The van der Waals surface area contributed by atoms with Gasteiger partial charge in [-0.15, -0.1) is 0 Å². The highest BCUT2D eigenvalue weighted by molar-refractivity contribution is 5.66. The summed E-state index contributed by atoms with van der Waals surface area (Å²) >= 11 is 0. The van der Waals surface area contributed by atoms with Gasteiger partial charge < -0.3 is 9.84 Å². The molecule has 0 radical (unpaired) electrons. The van der Waals surface area contributed by atoms with E-state index >= 15 is 0 Å². The number of para-hydroxylation sites is 1. The lowest BCUT2D eigenvalue weighted by Gasteiger charge is -2.09. The number of hydrogen-bond donors (Lipinski definition) is 1. The number of carboxylic acids is 1. The van der Waals surface area contributed by atoms with Crippen molar-refractivity contribution in [2.24, 2.45) is 0 Å². The van der Waals surface area contributed by atoms with Crippen molar-refractivity contribution in [3.8, 4) is 5.75 Å². The van der Waals surface area contributed by atoms with Crippen molar-refractivity contribution < 1.29 is 14.6 Å². The molecule has 1 aromatic rings. The van der Waals surface area contributed by atoms with Crippen LogP contribution in [-0.4, -0.2) is 11.1 Å². The quantitative estimate of drug-likeness (QED) is 0.275. The third-order valence-electron chi connectivity index (χ3n) is 5.60. The molecule has 1 heterocycles. The van der Waals surface area contributed by atoms with Crippen molar-refractivity contribution in [3.05, 3.63) is 42.2 Å². The van der Waals surface area contributed by atoms with Gasteiger partial charge in [-0.1, -0.05) is 115 Å². The van der Waals surface area contributed by atoms with Crippen LogP contribution in [0, 0.1) is 0 Å². The lowest BCUT2D eigenvalue weighted by molar-refractivity contribution is -0.137. The minimum absolute atomic E-state index is 0.345. The first-order valence-electron chi connectivity index (χ1n) is 12.4. The second-order valence-corrected chi connectivity index (χ2v) is 8.39. The number of hydrogen-bond acceptors (Lipinski definition) is 2. The van der Waals surface area contributed by atoms with Gasteiger partial charge in [0.2, 0.25) is 0 Å². The largest absolute Gasteiger partial charge is 0.481 e. The zero-order valence-corrected chi connectivity index (χ0v) is 19.2. The van der Waals surface area contributed by atoms with Gasteiger partial charge in [-0.05, 0) is 30.5 Å². The van der Waals surface area contributed by atoms with Crippen molar-refractivity contribution in [1.29, 1.82) is 0 Å². The fraction of sp³-hybridized carbons (Fsp3) is 0.667. The summed E-state index contributed by atoms with van der Waals surface area (Å²) in [5, 5.41) is 8.52. The molecule has 1 aliphatic heterocycles. The van der Waals surface area contributed by atoms with Gasteiger partial charge in [0.05, 0.1) is 6.26 Å². The van der Waals surface area contributed by atoms with Gasteiger partial charge in [0, 0.05) is 6.42 Å². The van der Waals surface area contributed by atoms with Gasteiger partial charge in [-0.2, -0.15) is 0 Å². The van der Waals surface area contributed by atoms with Gasteiger partial charge in [0.1, 0.15) is 5.75 Å². The third kappa shape index (κ3) is 15.1. The number of aliphatic carboxylic acids is 1. The van der Waals surface area contributed by atoms with E-state index in [0.29, 0.717) is 6.42 Å². The molecule has 1 aliphatic rings. The summed E-state index contributed by atoms with van der Waals surface area (Å²) in [5.74, 6) is 0.338.